The smallest absolute Gasteiger partial charge is 0.0465 e. The Balaban J connectivity index is 1.03. The zero-order valence-corrected chi connectivity index (χ0v) is 37.8. The first kappa shape index (κ1) is 41.1. The second-order valence-electron chi connectivity index (χ2n) is 19.8. The van der Waals surface area contributed by atoms with Crippen LogP contribution in [0.5, 0.6) is 0 Å². The summed E-state index contributed by atoms with van der Waals surface area (Å²) in [5.41, 5.74) is 19.7. The lowest BCUT2D eigenvalue weighted by molar-refractivity contribution is 0.435. The first-order valence-corrected chi connectivity index (χ1v) is 25.1. The highest BCUT2D eigenvalue weighted by molar-refractivity contribution is 5.86. The second-order valence-corrected chi connectivity index (χ2v) is 19.8. The van der Waals surface area contributed by atoms with Crippen molar-refractivity contribution < 1.29 is 0 Å². The Kier molecular flexibility index (Phi) is 12.2. The van der Waals surface area contributed by atoms with E-state index in [0.29, 0.717) is 17.8 Å². The van der Waals surface area contributed by atoms with Gasteiger partial charge in [0.1, 0.15) is 0 Å². The molecule has 318 valence electrons. The molecule has 0 heterocycles. The molecule has 0 unspecified atom stereocenters. The highest BCUT2D eigenvalue weighted by Crippen LogP contribution is 2.55. The molecule has 4 aliphatic rings. The van der Waals surface area contributed by atoms with Crippen molar-refractivity contribution in [3.8, 4) is 33.4 Å². The largest absolute Gasteiger partial charge is 0.310 e. The van der Waals surface area contributed by atoms with E-state index in [4.69, 9.17) is 0 Å². The summed E-state index contributed by atoms with van der Waals surface area (Å²) in [5.74, 6) is 2.08. The van der Waals surface area contributed by atoms with Crippen LogP contribution in [0.3, 0.4) is 0 Å². The van der Waals surface area contributed by atoms with E-state index < -0.39 is 0 Å². The van der Waals surface area contributed by atoms with Gasteiger partial charge in [0, 0.05) is 22.5 Å². The maximum absolute atomic E-state index is 2.63. The molecule has 62 heavy (non-hydrogen) atoms. The SMILES string of the molecule is CCCC1(CCC)c2ccccc2-c2ccc(N(c3ccc(-c4cccc(-c5cc(C6CCCCC6)cc(C6CCCCC6)c5)c4)cc3)c3cccc(C4CCCCC4)c3)cc21. The lowest BCUT2D eigenvalue weighted by Crippen LogP contribution is -2.25. The predicted octanol–water partition coefficient (Wildman–Crippen LogP) is 18.5. The van der Waals surface area contributed by atoms with Gasteiger partial charge in [-0.1, -0.05) is 175 Å². The minimum atomic E-state index is 0.0447. The summed E-state index contributed by atoms with van der Waals surface area (Å²) in [6, 6.07) is 53.0. The fourth-order valence-corrected chi connectivity index (χ4v) is 12.8. The van der Waals surface area contributed by atoms with Gasteiger partial charge in [0.15, 0.2) is 0 Å². The Hall–Kier alpha value is -4.88. The molecule has 0 aliphatic heterocycles. The Morgan fingerprint density at radius 2 is 0.919 bits per heavy atom. The molecular weight excluding hydrogens is 747 g/mol. The molecule has 6 aromatic rings. The Morgan fingerprint density at radius 1 is 0.387 bits per heavy atom. The summed E-state index contributed by atoms with van der Waals surface area (Å²) in [7, 11) is 0. The van der Waals surface area contributed by atoms with Crippen LogP contribution in [0, 0.1) is 0 Å². The maximum atomic E-state index is 2.63. The van der Waals surface area contributed by atoms with Crippen LogP contribution in [0.25, 0.3) is 33.4 Å². The van der Waals surface area contributed by atoms with Gasteiger partial charge in [0.05, 0.1) is 0 Å². The van der Waals surface area contributed by atoms with E-state index in [1.807, 2.05) is 0 Å². The van der Waals surface area contributed by atoms with Gasteiger partial charge < -0.3 is 4.90 Å². The van der Waals surface area contributed by atoms with E-state index in [1.54, 1.807) is 11.1 Å². The minimum absolute atomic E-state index is 0.0447. The zero-order valence-electron chi connectivity index (χ0n) is 37.8. The van der Waals surface area contributed by atoms with Crippen LogP contribution in [0.4, 0.5) is 17.1 Å². The highest BCUT2D eigenvalue weighted by atomic mass is 15.1. The fraction of sp³-hybridized carbons (Fsp3) is 0.410. The van der Waals surface area contributed by atoms with Crippen molar-refractivity contribution in [2.45, 2.75) is 159 Å². The average Bonchev–Trinajstić information content (AvgIpc) is 3.61. The summed E-state index contributed by atoms with van der Waals surface area (Å²) in [6.07, 6.45) is 25.0. The van der Waals surface area contributed by atoms with E-state index in [9.17, 15) is 0 Å². The molecule has 6 aromatic carbocycles. The van der Waals surface area contributed by atoms with Crippen LogP contribution in [-0.2, 0) is 5.41 Å². The van der Waals surface area contributed by atoms with Crippen molar-refractivity contribution in [3.63, 3.8) is 0 Å². The molecular formula is C61H69N. The number of benzene rings is 6. The first-order valence-electron chi connectivity index (χ1n) is 25.1. The number of rotatable bonds is 12. The highest BCUT2D eigenvalue weighted by Gasteiger charge is 2.42. The van der Waals surface area contributed by atoms with Crippen LogP contribution in [0.15, 0.2) is 133 Å². The van der Waals surface area contributed by atoms with Gasteiger partial charge in [-0.2, -0.15) is 0 Å². The van der Waals surface area contributed by atoms with Gasteiger partial charge in [-0.05, 0) is 173 Å². The molecule has 3 fully saturated rings. The average molecular weight is 816 g/mol. The number of nitrogens with zero attached hydrogens (tertiary/aromatic N) is 1. The topological polar surface area (TPSA) is 3.24 Å². The molecule has 0 spiro atoms. The lowest BCUT2D eigenvalue weighted by Gasteiger charge is -2.33. The van der Waals surface area contributed by atoms with E-state index in [2.05, 4.69) is 152 Å². The van der Waals surface area contributed by atoms with Crippen LogP contribution in [0.2, 0.25) is 0 Å². The molecule has 3 saturated carbocycles. The first-order chi connectivity index (χ1) is 30.6. The Bertz CT molecular complexity index is 2410. The quantitative estimate of drug-likeness (QED) is 0.119. The van der Waals surface area contributed by atoms with Gasteiger partial charge in [0.25, 0.3) is 0 Å². The van der Waals surface area contributed by atoms with Crippen LogP contribution in [0.1, 0.15) is 181 Å². The molecule has 0 saturated heterocycles. The van der Waals surface area contributed by atoms with Crippen LogP contribution >= 0.6 is 0 Å². The molecule has 1 heteroatoms. The summed E-state index contributed by atoms with van der Waals surface area (Å²) >= 11 is 0. The summed E-state index contributed by atoms with van der Waals surface area (Å²) in [6.45, 7) is 4.73. The van der Waals surface area contributed by atoms with E-state index in [1.165, 1.54) is 189 Å². The van der Waals surface area contributed by atoms with Crippen LogP contribution < -0.4 is 4.90 Å². The third-order valence-electron chi connectivity index (χ3n) is 15.9. The normalized spacial score (nSPS) is 18.0. The Morgan fingerprint density at radius 3 is 1.55 bits per heavy atom. The molecule has 0 N–H and O–H groups in total. The summed E-state index contributed by atoms with van der Waals surface area (Å²) in [4.78, 5) is 2.56. The third-order valence-corrected chi connectivity index (χ3v) is 15.9. The molecule has 4 aliphatic carbocycles. The van der Waals surface area contributed by atoms with Gasteiger partial charge >= 0.3 is 0 Å². The number of anilines is 3. The van der Waals surface area contributed by atoms with Crippen molar-refractivity contribution >= 4 is 17.1 Å². The van der Waals surface area contributed by atoms with Crippen molar-refractivity contribution in [2.75, 3.05) is 4.90 Å². The minimum Gasteiger partial charge on any atom is -0.310 e. The maximum Gasteiger partial charge on any atom is 0.0465 e. The van der Waals surface area contributed by atoms with Crippen molar-refractivity contribution in [2.24, 2.45) is 0 Å². The standard InChI is InChI=1S/C61H69N/c1-3-36-61(37-4-2)59-29-15-14-28-57(59)58-35-34-56(43-60(58)61)62(55-27-17-26-50(42-55)44-18-8-5-9-19-44)54-32-30-47(31-33-54)48-24-16-25-49(38-48)53-40-51(45-20-10-6-11-21-45)39-52(41-53)46-22-12-7-13-23-46/h14-17,24-35,38-46H,3-13,18-23,36-37H2,1-2H3. The molecule has 0 bridgehead atoms. The van der Waals surface area contributed by atoms with Gasteiger partial charge in [-0.25, -0.2) is 0 Å². The fourth-order valence-electron chi connectivity index (χ4n) is 12.8. The van der Waals surface area contributed by atoms with Gasteiger partial charge in [-0.3, -0.25) is 0 Å². The number of hydrogen-bond acceptors (Lipinski definition) is 1. The molecule has 0 aromatic heterocycles. The van der Waals surface area contributed by atoms with Crippen LogP contribution in [-0.4, -0.2) is 0 Å². The van der Waals surface area contributed by atoms with Crippen molar-refractivity contribution in [1.82, 2.24) is 0 Å². The lowest BCUT2D eigenvalue weighted by atomic mass is 9.71. The van der Waals surface area contributed by atoms with E-state index >= 15 is 0 Å². The molecule has 0 amide bonds. The molecule has 0 atom stereocenters. The number of hydrogen-bond donors (Lipinski definition) is 0. The summed E-state index contributed by atoms with van der Waals surface area (Å²) < 4.78 is 0. The van der Waals surface area contributed by atoms with E-state index in [0.717, 1.165) is 0 Å². The molecule has 1 nitrogen and oxygen atoms in total. The van der Waals surface area contributed by atoms with Gasteiger partial charge in [-0.15, -0.1) is 0 Å². The third kappa shape index (κ3) is 8.11. The van der Waals surface area contributed by atoms with Gasteiger partial charge in [0.2, 0.25) is 0 Å². The van der Waals surface area contributed by atoms with Crippen molar-refractivity contribution in [1.29, 1.82) is 0 Å². The summed E-state index contributed by atoms with van der Waals surface area (Å²) in [5, 5.41) is 0. The molecule has 0 radical (unpaired) electrons. The second kappa shape index (κ2) is 18.5. The monoisotopic (exact) mass is 816 g/mol. The molecule has 10 rings (SSSR count). The zero-order chi connectivity index (χ0) is 41.9. The predicted molar refractivity (Wildman–Crippen MR) is 266 cm³/mol. The van der Waals surface area contributed by atoms with Crippen molar-refractivity contribution in [3.05, 3.63) is 161 Å². The Labute approximate surface area is 374 Å². The van der Waals surface area contributed by atoms with E-state index in [-0.39, 0.29) is 5.41 Å². The number of fused-ring (bicyclic) bond motifs is 3.